The third-order valence-electron chi connectivity index (χ3n) is 2.78. The average Bonchev–Trinajstić information content (AvgIpc) is 1.98. The first kappa shape index (κ1) is 10.5. The zero-order chi connectivity index (χ0) is 9.84. The van der Waals surface area contributed by atoms with Gasteiger partial charge in [-0.15, -0.1) is 0 Å². The molecule has 0 saturated heterocycles. The number of hydrogen-bond acceptors (Lipinski definition) is 3. The molecule has 0 radical (unpaired) electrons. The maximum absolute atomic E-state index is 11.4. The number of ether oxygens (including phenoxy) is 1. The number of carbonyl (C=O) groups excluding carboxylic acids is 1. The van der Waals surface area contributed by atoms with Crippen LogP contribution >= 0.6 is 0 Å². The summed E-state index contributed by atoms with van der Waals surface area (Å²) in [6.45, 7) is 0.817. The van der Waals surface area contributed by atoms with Crippen molar-refractivity contribution in [1.82, 2.24) is 4.90 Å². The van der Waals surface area contributed by atoms with E-state index in [4.69, 9.17) is 4.74 Å². The lowest BCUT2D eigenvalue weighted by Crippen LogP contribution is -2.37. The Morgan fingerprint density at radius 2 is 2.15 bits per heavy atom. The van der Waals surface area contributed by atoms with Gasteiger partial charge in [0, 0.05) is 6.54 Å². The van der Waals surface area contributed by atoms with E-state index in [1.165, 1.54) is 26.4 Å². The SMILES string of the molecule is COC(=O)C(CN(C)C)C1CCC1. The summed E-state index contributed by atoms with van der Waals surface area (Å²) in [5.74, 6) is 0.613. The van der Waals surface area contributed by atoms with Crippen LogP contribution in [0.1, 0.15) is 19.3 Å². The smallest absolute Gasteiger partial charge is 0.310 e. The van der Waals surface area contributed by atoms with Crippen molar-refractivity contribution < 1.29 is 9.53 Å². The van der Waals surface area contributed by atoms with Crippen LogP contribution in [0, 0.1) is 11.8 Å². The lowest BCUT2D eigenvalue weighted by atomic mass is 9.75. The van der Waals surface area contributed by atoms with Crippen LogP contribution in [0.15, 0.2) is 0 Å². The first-order chi connectivity index (χ1) is 6.15. The molecule has 0 aliphatic heterocycles. The number of nitrogens with zero attached hydrogens (tertiary/aromatic N) is 1. The van der Waals surface area contributed by atoms with E-state index in [2.05, 4.69) is 4.90 Å². The van der Waals surface area contributed by atoms with Gasteiger partial charge in [-0.1, -0.05) is 6.42 Å². The van der Waals surface area contributed by atoms with Gasteiger partial charge >= 0.3 is 5.97 Å². The zero-order valence-corrected chi connectivity index (χ0v) is 8.75. The lowest BCUT2D eigenvalue weighted by Gasteiger charge is -2.33. The van der Waals surface area contributed by atoms with Crippen LogP contribution in [0.4, 0.5) is 0 Å². The minimum absolute atomic E-state index is 0.0431. The fourth-order valence-corrected chi connectivity index (χ4v) is 1.80. The first-order valence-electron chi connectivity index (χ1n) is 4.87. The largest absolute Gasteiger partial charge is 0.469 e. The molecule has 0 aromatic heterocycles. The van der Waals surface area contributed by atoms with Gasteiger partial charge in [-0.3, -0.25) is 4.79 Å². The van der Waals surface area contributed by atoms with E-state index >= 15 is 0 Å². The molecule has 76 valence electrons. The van der Waals surface area contributed by atoms with Gasteiger partial charge in [-0.05, 0) is 32.9 Å². The summed E-state index contributed by atoms with van der Waals surface area (Å²) < 4.78 is 4.80. The molecule has 1 saturated carbocycles. The van der Waals surface area contributed by atoms with Crippen LogP contribution in [0.3, 0.4) is 0 Å². The molecule has 3 nitrogen and oxygen atoms in total. The predicted molar refractivity (Wildman–Crippen MR) is 51.4 cm³/mol. The topological polar surface area (TPSA) is 29.5 Å². The van der Waals surface area contributed by atoms with Crippen LogP contribution in [0.25, 0.3) is 0 Å². The van der Waals surface area contributed by atoms with E-state index in [9.17, 15) is 4.79 Å². The fraction of sp³-hybridized carbons (Fsp3) is 0.900. The molecule has 1 fully saturated rings. The van der Waals surface area contributed by atoms with Gasteiger partial charge in [0.25, 0.3) is 0 Å². The second-order valence-electron chi connectivity index (χ2n) is 4.08. The Hall–Kier alpha value is -0.570. The Labute approximate surface area is 80.1 Å². The van der Waals surface area contributed by atoms with Gasteiger partial charge in [-0.2, -0.15) is 0 Å². The number of carbonyl (C=O) groups is 1. The summed E-state index contributed by atoms with van der Waals surface area (Å²) in [4.78, 5) is 13.5. The third-order valence-corrected chi connectivity index (χ3v) is 2.78. The molecule has 13 heavy (non-hydrogen) atoms. The predicted octanol–water partition coefficient (Wildman–Crippen LogP) is 1.14. The molecule has 0 heterocycles. The maximum Gasteiger partial charge on any atom is 0.310 e. The highest BCUT2D eigenvalue weighted by atomic mass is 16.5. The van der Waals surface area contributed by atoms with Crippen molar-refractivity contribution in [3.05, 3.63) is 0 Å². The van der Waals surface area contributed by atoms with Gasteiger partial charge in [0.1, 0.15) is 0 Å². The second kappa shape index (κ2) is 4.61. The molecule has 3 heteroatoms. The van der Waals surface area contributed by atoms with Crippen LogP contribution in [-0.2, 0) is 9.53 Å². The highest BCUT2D eigenvalue weighted by Crippen LogP contribution is 2.34. The van der Waals surface area contributed by atoms with Crippen molar-refractivity contribution in [1.29, 1.82) is 0 Å². The van der Waals surface area contributed by atoms with Crippen LogP contribution in [-0.4, -0.2) is 38.6 Å². The zero-order valence-electron chi connectivity index (χ0n) is 8.75. The minimum atomic E-state index is -0.0431. The van der Waals surface area contributed by atoms with Gasteiger partial charge in [0.15, 0.2) is 0 Å². The van der Waals surface area contributed by atoms with E-state index in [0.29, 0.717) is 5.92 Å². The van der Waals surface area contributed by atoms with E-state index < -0.39 is 0 Å². The van der Waals surface area contributed by atoms with Gasteiger partial charge in [0.2, 0.25) is 0 Å². The Morgan fingerprint density at radius 1 is 1.54 bits per heavy atom. The number of methoxy groups -OCH3 is 1. The van der Waals surface area contributed by atoms with E-state index in [1.54, 1.807) is 0 Å². The normalized spacial score (nSPS) is 19.7. The Kier molecular flexibility index (Phi) is 3.72. The van der Waals surface area contributed by atoms with Gasteiger partial charge < -0.3 is 9.64 Å². The Morgan fingerprint density at radius 3 is 2.46 bits per heavy atom. The van der Waals surface area contributed by atoms with Crippen molar-refractivity contribution >= 4 is 5.97 Å². The van der Waals surface area contributed by atoms with Crippen LogP contribution in [0.5, 0.6) is 0 Å². The quantitative estimate of drug-likeness (QED) is 0.615. The molecule has 1 atom stereocenters. The summed E-state index contributed by atoms with van der Waals surface area (Å²) in [7, 11) is 5.47. The molecule has 1 rings (SSSR count). The van der Waals surface area contributed by atoms with Crippen LogP contribution < -0.4 is 0 Å². The summed E-state index contributed by atoms with van der Waals surface area (Å²) in [5.41, 5.74) is 0. The summed E-state index contributed by atoms with van der Waals surface area (Å²) >= 11 is 0. The fourth-order valence-electron chi connectivity index (χ4n) is 1.80. The number of rotatable bonds is 4. The Bertz CT molecular complexity index is 176. The van der Waals surface area contributed by atoms with Crippen molar-refractivity contribution in [2.45, 2.75) is 19.3 Å². The van der Waals surface area contributed by atoms with E-state index in [1.807, 2.05) is 14.1 Å². The summed E-state index contributed by atoms with van der Waals surface area (Å²) in [5, 5.41) is 0. The molecule has 1 aliphatic carbocycles. The minimum Gasteiger partial charge on any atom is -0.469 e. The molecule has 1 aliphatic rings. The third kappa shape index (κ3) is 2.69. The van der Waals surface area contributed by atoms with Gasteiger partial charge in [0.05, 0.1) is 13.0 Å². The number of esters is 1. The van der Waals surface area contributed by atoms with Crippen molar-refractivity contribution in [2.24, 2.45) is 11.8 Å². The summed E-state index contributed by atoms with van der Waals surface area (Å²) in [6.07, 6.45) is 3.65. The number of hydrogen-bond donors (Lipinski definition) is 0. The average molecular weight is 185 g/mol. The Balaban J connectivity index is 2.47. The molecule has 0 spiro atoms. The van der Waals surface area contributed by atoms with Gasteiger partial charge in [-0.25, -0.2) is 0 Å². The van der Waals surface area contributed by atoms with Crippen LogP contribution in [0.2, 0.25) is 0 Å². The molecule has 1 unspecified atom stereocenters. The van der Waals surface area contributed by atoms with E-state index in [-0.39, 0.29) is 11.9 Å². The summed E-state index contributed by atoms with van der Waals surface area (Å²) in [6, 6.07) is 0. The highest BCUT2D eigenvalue weighted by molar-refractivity contribution is 5.73. The molecule has 0 aromatic rings. The lowest BCUT2D eigenvalue weighted by molar-refractivity contribution is -0.149. The standard InChI is InChI=1S/C10H19NO2/c1-11(2)7-9(10(12)13-3)8-5-4-6-8/h8-9H,4-7H2,1-3H3. The molecular weight excluding hydrogens is 166 g/mol. The monoisotopic (exact) mass is 185 g/mol. The molecular formula is C10H19NO2. The molecule has 0 amide bonds. The maximum atomic E-state index is 11.4. The second-order valence-corrected chi connectivity index (χ2v) is 4.08. The molecule has 0 N–H and O–H groups in total. The van der Waals surface area contributed by atoms with E-state index in [0.717, 1.165) is 6.54 Å². The molecule has 0 bridgehead atoms. The van der Waals surface area contributed by atoms with Crippen molar-refractivity contribution in [3.63, 3.8) is 0 Å². The highest BCUT2D eigenvalue weighted by Gasteiger charge is 2.33. The first-order valence-corrected chi connectivity index (χ1v) is 4.87. The van der Waals surface area contributed by atoms with Crippen molar-refractivity contribution in [2.75, 3.05) is 27.7 Å². The molecule has 0 aromatic carbocycles. The van der Waals surface area contributed by atoms with Crippen molar-refractivity contribution in [3.8, 4) is 0 Å².